The third-order valence-electron chi connectivity index (χ3n) is 2.97. The smallest absolute Gasteiger partial charge is 0.119 e. The average molecular weight is 237 g/mol. The SMILES string of the molecule is NC1CCc2cc(OCCOCCO)ccc21. The molecule has 1 aromatic rings. The van der Waals surface area contributed by atoms with Crippen LogP contribution in [0.5, 0.6) is 5.75 Å². The van der Waals surface area contributed by atoms with Gasteiger partial charge < -0.3 is 20.3 Å². The number of fused-ring (bicyclic) bond motifs is 1. The van der Waals surface area contributed by atoms with Crippen molar-refractivity contribution in [2.24, 2.45) is 5.73 Å². The first-order valence-electron chi connectivity index (χ1n) is 6.01. The molecule has 0 radical (unpaired) electrons. The number of rotatable bonds is 6. The summed E-state index contributed by atoms with van der Waals surface area (Å²) in [7, 11) is 0. The zero-order chi connectivity index (χ0) is 12.1. The summed E-state index contributed by atoms with van der Waals surface area (Å²) in [6.45, 7) is 1.42. The predicted octanol–water partition coefficient (Wildman–Crippen LogP) is 1.02. The molecule has 1 atom stereocenters. The molecule has 1 unspecified atom stereocenters. The van der Waals surface area contributed by atoms with Crippen molar-refractivity contribution in [1.29, 1.82) is 0 Å². The van der Waals surface area contributed by atoms with Gasteiger partial charge in [0.15, 0.2) is 0 Å². The van der Waals surface area contributed by atoms with E-state index in [-0.39, 0.29) is 12.6 Å². The molecule has 0 aliphatic heterocycles. The molecule has 1 aromatic carbocycles. The summed E-state index contributed by atoms with van der Waals surface area (Å²) in [5, 5.41) is 8.54. The number of aryl methyl sites for hydroxylation is 1. The van der Waals surface area contributed by atoms with Crippen molar-refractivity contribution in [1.82, 2.24) is 0 Å². The summed E-state index contributed by atoms with van der Waals surface area (Å²) in [6, 6.07) is 6.26. The lowest BCUT2D eigenvalue weighted by Crippen LogP contribution is -2.09. The molecule has 0 fully saturated rings. The first-order chi connectivity index (χ1) is 8.31. The summed E-state index contributed by atoms with van der Waals surface area (Å²) >= 11 is 0. The minimum Gasteiger partial charge on any atom is -0.491 e. The predicted molar refractivity (Wildman–Crippen MR) is 65.1 cm³/mol. The van der Waals surface area contributed by atoms with Gasteiger partial charge in [0.25, 0.3) is 0 Å². The van der Waals surface area contributed by atoms with Crippen LogP contribution in [0.1, 0.15) is 23.6 Å². The number of hydrogen-bond donors (Lipinski definition) is 2. The van der Waals surface area contributed by atoms with Crippen molar-refractivity contribution in [2.45, 2.75) is 18.9 Å². The van der Waals surface area contributed by atoms with E-state index in [0.29, 0.717) is 19.8 Å². The van der Waals surface area contributed by atoms with Gasteiger partial charge in [-0.1, -0.05) is 6.07 Å². The molecule has 94 valence electrons. The zero-order valence-electron chi connectivity index (χ0n) is 9.89. The minimum atomic E-state index is 0.0523. The molecule has 1 aliphatic carbocycles. The third-order valence-corrected chi connectivity index (χ3v) is 2.97. The van der Waals surface area contributed by atoms with E-state index < -0.39 is 0 Å². The number of aliphatic hydroxyl groups excluding tert-OH is 1. The van der Waals surface area contributed by atoms with Crippen LogP contribution in [-0.2, 0) is 11.2 Å². The Morgan fingerprint density at radius 3 is 3.00 bits per heavy atom. The number of nitrogens with two attached hydrogens (primary N) is 1. The van der Waals surface area contributed by atoms with Crippen LogP contribution in [0.25, 0.3) is 0 Å². The van der Waals surface area contributed by atoms with Crippen LogP contribution in [-0.4, -0.2) is 31.5 Å². The van der Waals surface area contributed by atoms with Crippen molar-refractivity contribution < 1.29 is 14.6 Å². The highest BCUT2D eigenvalue weighted by Crippen LogP contribution is 2.31. The molecule has 0 spiro atoms. The molecule has 3 N–H and O–H groups in total. The largest absolute Gasteiger partial charge is 0.491 e. The van der Waals surface area contributed by atoms with E-state index in [1.807, 2.05) is 6.07 Å². The molecule has 1 aliphatic rings. The molecule has 0 amide bonds. The maximum Gasteiger partial charge on any atom is 0.119 e. The maximum absolute atomic E-state index is 8.54. The van der Waals surface area contributed by atoms with Crippen molar-refractivity contribution in [3.8, 4) is 5.75 Å². The lowest BCUT2D eigenvalue weighted by molar-refractivity contribution is 0.0705. The Kier molecular flexibility index (Phi) is 4.36. The van der Waals surface area contributed by atoms with Crippen LogP contribution in [0.4, 0.5) is 0 Å². The lowest BCUT2D eigenvalue weighted by Gasteiger charge is -2.09. The van der Waals surface area contributed by atoms with Gasteiger partial charge in [0.2, 0.25) is 0 Å². The Labute approximate surface area is 101 Å². The van der Waals surface area contributed by atoms with Gasteiger partial charge in [0.05, 0.1) is 19.8 Å². The topological polar surface area (TPSA) is 64.7 Å². The summed E-state index contributed by atoms with van der Waals surface area (Å²) in [6.07, 6.45) is 2.06. The van der Waals surface area contributed by atoms with Gasteiger partial charge in [-0.2, -0.15) is 0 Å². The summed E-state index contributed by atoms with van der Waals surface area (Å²) in [4.78, 5) is 0. The van der Waals surface area contributed by atoms with Gasteiger partial charge >= 0.3 is 0 Å². The van der Waals surface area contributed by atoms with Crippen LogP contribution in [0.3, 0.4) is 0 Å². The summed E-state index contributed by atoms with van der Waals surface area (Å²) in [5.74, 6) is 0.866. The van der Waals surface area contributed by atoms with Crippen LogP contribution in [0.2, 0.25) is 0 Å². The molecule has 0 bridgehead atoms. The van der Waals surface area contributed by atoms with Gasteiger partial charge in [-0.3, -0.25) is 0 Å². The Balaban J connectivity index is 1.82. The molecule has 0 aromatic heterocycles. The quantitative estimate of drug-likeness (QED) is 0.725. The second kappa shape index (κ2) is 6.00. The first-order valence-corrected chi connectivity index (χ1v) is 6.01. The van der Waals surface area contributed by atoms with Crippen LogP contribution >= 0.6 is 0 Å². The van der Waals surface area contributed by atoms with Crippen LogP contribution < -0.4 is 10.5 Å². The van der Waals surface area contributed by atoms with E-state index in [4.69, 9.17) is 20.3 Å². The van der Waals surface area contributed by atoms with Crippen molar-refractivity contribution in [3.05, 3.63) is 29.3 Å². The highest BCUT2D eigenvalue weighted by atomic mass is 16.5. The molecule has 0 saturated carbocycles. The summed E-state index contributed by atoms with van der Waals surface area (Å²) < 4.78 is 10.7. The molecule has 4 heteroatoms. The normalized spacial score (nSPS) is 18.1. The van der Waals surface area contributed by atoms with Crippen LogP contribution in [0.15, 0.2) is 18.2 Å². The molecule has 2 rings (SSSR count). The minimum absolute atomic E-state index is 0.0523. The van der Waals surface area contributed by atoms with Gasteiger partial charge in [0, 0.05) is 6.04 Å². The molecular weight excluding hydrogens is 218 g/mol. The monoisotopic (exact) mass is 237 g/mol. The highest BCUT2D eigenvalue weighted by molar-refractivity contribution is 5.40. The Bertz CT molecular complexity index is 368. The molecule has 0 saturated heterocycles. The Hall–Kier alpha value is -1.10. The van der Waals surface area contributed by atoms with E-state index in [2.05, 4.69) is 12.1 Å². The third kappa shape index (κ3) is 3.19. The second-order valence-electron chi connectivity index (χ2n) is 4.19. The van der Waals surface area contributed by atoms with E-state index in [1.54, 1.807) is 0 Å². The lowest BCUT2D eigenvalue weighted by atomic mass is 10.1. The molecule has 4 nitrogen and oxygen atoms in total. The summed E-state index contributed by atoms with van der Waals surface area (Å²) in [5.41, 5.74) is 8.51. The molecule has 17 heavy (non-hydrogen) atoms. The Morgan fingerprint density at radius 2 is 2.18 bits per heavy atom. The van der Waals surface area contributed by atoms with E-state index in [0.717, 1.165) is 18.6 Å². The number of benzene rings is 1. The first kappa shape index (κ1) is 12.4. The van der Waals surface area contributed by atoms with Gasteiger partial charge in [-0.05, 0) is 36.1 Å². The number of aliphatic hydroxyl groups is 1. The van der Waals surface area contributed by atoms with Crippen molar-refractivity contribution in [3.63, 3.8) is 0 Å². The van der Waals surface area contributed by atoms with Gasteiger partial charge in [-0.15, -0.1) is 0 Å². The van der Waals surface area contributed by atoms with Gasteiger partial charge in [-0.25, -0.2) is 0 Å². The van der Waals surface area contributed by atoms with Gasteiger partial charge in [0.1, 0.15) is 12.4 Å². The van der Waals surface area contributed by atoms with Crippen molar-refractivity contribution in [2.75, 3.05) is 26.4 Å². The average Bonchev–Trinajstić information content (AvgIpc) is 2.71. The fourth-order valence-electron chi connectivity index (χ4n) is 2.10. The zero-order valence-corrected chi connectivity index (χ0v) is 9.89. The number of ether oxygens (including phenoxy) is 2. The number of hydrogen-bond acceptors (Lipinski definition) is 4. The van der Waals surface area contributed by atoms with E-state index >= 15 is 0 Å². The van der Waals surface area contributed by atoms with Crippen molar-refractivity contribution >= 4 is 0 Å². The molecule has 0 heterocycles. The van der Waals surface area contributed by atoms with Crippen LogP contribution in [0, 0.1) is 0 Å². The fourth-order valence-corrected chi connectivity index (χ4v) is 2.10. The Morgan fingerprint density at radius 1 is 1.29 bits per heavy atom. The fraction of sp³-hybridized carbons (Fsp3) is 0.538. The standard InChI is InChI=1S/C13H19NO3/c14-13-4-1-10-9-11(2-3-12(10)13)17-8-7-16-6-5-15/h2-3,9,13,15H,1,4-8,14H2. The molecular formula is C13H19NO3. The second-order valence-corrected chi connectivity index (χ2v) is 4.19. The highest BCUT2D eigenvalue weighted by Gasteiger charge is 2.18. The van der Waals surface area contributed by atoms with E-state index in [1.165, 1.54) is 11.1 Å². The van der Waals surface area contributed by atoms with E-state index in [9.17, 15) is 0 Å². The maximum atomic E-state index is 8.54.